The van der Waals surface area contributed by atoms with Crippen molar-refractivity contribution < 1.29 is 9.59 Å². The predicted molar refractivity (Wildman–Crippen MR) is 60.2 cm³/mol. The van der Waals surface area contributed by atoms with Gasteiger partial charge in [0.05, 0.1) is 26.2 Å². The summed E-state index contributed by atoms with van der Waals surface area (Å²) >= 11 is 0. The van der Waals surface area contributed by atoms with Crippen LogP contribution in [0.25, 0.3) is 0 Å². The Labute approximate surface area is 88.5 Å². The van der Waals surface area contributed by atoms with Gasteiger partial charge in [-0.2, -0.15) is 0 Å². The maximum Gasteiger partial charge on any atom is 0.0787 e. The number of quaternary nitrogens is 1. The highest BCUT2D eigenvalue weighted by Gasteiger charge is 2.27. The molecule has 1 aliphatic rings. The molecule has 1 saturated heterocycles. The van der Waals surface area contributed by atoms with Crippen molar-refractivity contribution in [2.75, 3.05) is 32.8 Å². The number of hydrogen-bond donors (Lipinski definition) is 1. The fraction of sp³-hybridized carbons (Fsp3) is 1.00. The van der Waals surface area contributed by atoms with E-state index in [0.29, 0.717) is 6.61 Å². The van der Waals surface area contributed by atoms with Crippen molar-refractivity contribution in [1.29, 1.82) is 0 Å². The van der Waals surface area contributed by atoms with Crippen LogP contribution in [-0.4, -0.2) is 42.4 Å². The summed E-state index contributed by atoms with van der Waals surface area (Å²) in [6, 6.07) is 0. The van der Waals surface area contributed by atoms with E-state index in [9.17, 15) is 0 Å². The Morgan fingerprint density at radius 1 is 1.00 bits per heavy atom. The molecule has 0 aromatic rings. The normalized spacial score (nSPS) is 21.0. The van der Waals surface area contributed by atoms with E-state index in [1.54, 1.807) is 0 Å². The van der Waals surface area contributed by atoms with Gasteiger partial charge in [-0.25, -0.2) is 0 Å². The van der Waals surface area contributed by atoms with E-state index in [-0.39, 0.29) is 0 Å². The molecule has 1 N–H and O–H groups in total. The van der Waals surface area contributed by atoms with Crippen molar-refractivity contribution in [1.82, 2.24) is 0 Å². The maximum atomic E-state index is 8.80. The lowest BCUT2D eigenvalue weighted by Gasteiger charge is -2.41. The first kappa shape index (κ1) is 12.0. The second-order valence-electron chi connectivity index (χ2n) is 4.73. The summed E-state index contributed by atoms with van der Waals surface area (Å²) in [5.74, 6) is 0. The van der Waals surface area contributed by atoms with Crippen LogP contribution in [0, 0.1) is 0 Å². The van der Waals surface area contributed by atoms with Gasteiger partial charge < -0.3 is 9.59 Å². The number of aliphatic hydroxyl groups is 1. The van der Waals surface area contributed by atoms with Gasteiger partial charge in [-0.1, -0.05) is 6.92 Å². The largest absolute Gasteiger partial charge is 0.396 e. The topological polar surface area (TPSA) is 20.2 Å². The minimum atomic E-state index is 0.367. The lowest BCUT2D eigenvalue weighted by atomic mass is 10.1. The lowest BCUT2D eigenvalue weighted by Crippen LogP contribution is -2.52. The SMILES string of the molecule is CCC[N+]1(CCCCO)CCCCC1. The van der Waals surface area contributed by atoms with Crippen molar-refractivity contribution in [3.8, 4) is 0 Å². The van der Waals surface area contributed by atoms with Gasteiger partial charge in [0.15, 0.2) is 0 Å². The highest BCUT2D eigenvalue weighted by molar-refractivity contribution is 4.54. The molecule has 1 rings (SSSR count). The van der Waals surface area contributed by atoms with Crippen LogP contribution < -0.4 is 0 Å². The molecule has 0 bridgehead atoms. The first-order chi connectivity index (χ1) is 6.83. The number of likely N-dealkylation sites (tertiary alicyclic amines) is 1. The standard InChI is InChI=1S/C12H26NO/c1-2-8-13(11-6-7-12-14)9-4-3-5-10-13/h14H,2-12H2,1H3/q+1. The molecule has 0 atom stereocenters. The molecule has 1 heterocycles. The van der Waals surface area contributed by atoms with Crippen LogP contribution in [-0.2, 0) is 0 Å². The minimum Gasteiger partial charge on any atom is -0.396 e. The molecule has 0 unspecified atom stereocenters. The van der Waals surface area contributed by atoms with E-state index in [4.69, 9.17) is 5.11 Å². The molecule has 0 radical (unpaired) electrons. The van der Waals surface area contributed by atoms with Crippen molar-refractivity contribution >= 4 is 0 Å². The summed E-state index contributed by atoms with van der Waals surface area (Å²) in [7, 11) is 0. The number of nitrogens with zero attached hydrogens (tertiary/aromatic N) is 1. The van der Waals surface area contributed by atoms with Crippen LogP contribution in [0.4, 0.5) is 0 Å². The average Bonchev–Trinajstić information content (AvgIpc) is 2.20. The lowest BCUT2D eigenvalue weighted by molar-refractivity contribution is -0.932. The summed E-state index contributed by atoms with van der Waals surface area (Å²) in [6.45, 7) is 8.09. The molecule has 0 amide bonds. The Balaban J connectivity index is 2.34. The van der Waals surface area contributed by atoms with E-state index in [0.717, 1.165) is 6.42 Å². The zero-order valence-electron chi connectivity index (χ0n) is 9.67. The van der Waals surface area contributed by atoms with Crippen molar-refractivity contribution in [2.24, 2.45) is 0 Å². The zero-order valence-corrected chi connectivity index (χ0v) is 9.67. The second-order valence-corrected chi connectivity index (χ2v) is 4.73. The van der Waals surface area contributed by atoms with Gasteiger partial charge in [0, 0.05) is 6.61 Å². The quantitative estimate of drug-likeness (QED) is 0.514. The molecular formula is C12H26NO+. The average molecular weight is 200 g/mol. The van der Waals surface area contributed by atoms with Gasteiger partial charge in [-0.3, -0.25) is 0 Å². The van der Waals surface area contributed by atoms with Gasteiger partial charge in [0.1, 0.15) is 0 Å². The Morgan fingerprint density at radius 3 is 2.29 bits per heavy atom. The zero-order chi connectivity index (χ0) is 10.3. The van der Waals surface area contributed by atoms with E-state index >= 15 is 0 Å². The van der Waals surface area contributed by atoms with Gasteiger partial charge >= 0.3 is 0 Å². The molecule has 14 heavy (non-hydrogen) atoms. The van der Waals surface area contributed by atoms with Crippen molar-refractivity contribution in [3.63, 3.8) is 0 Å². The molecule has 1 fully saturated rings. The van der Waals surface area contributed by atoms with Crippen LogP contribution in [0.15, 0.2) is 0 Å². The molecule has 2 nitrogen and oxygen atoms in total. The fourth-order valence-electron chi connectivity index (χ4n) is 2.78. The third-order valence-corrected chi connectivity index (χ3v) is 3.50. The summed E-state index contributed by atoms with van der Waals surface area (Å²) in [5.41, 5.74) is 0. The van der Waals surface area contributed by atoms with Gasteiger partial charge in [-0.15, -0.1) is 0 Å². The minimum absolute atomic E-state index is 0.367. The Bertz CT molecular complexity index is 136. The van der Waals surface area contributed by atoms with Gasteiger partial charge in [0.2, 0.25) is 0 Å². The van der Waals surface area contributed by atoms with E-state index in [1.165, 1.54) is 62.8 Å². The number of aliphatic hydroxyl groups excluding tert-OH is 1. The predicted octanol–water partition coefficient (Wildman–Crippen LogP) is 2.17. The smallest absolute Gasteiger partial charge is 0.0787 e. The van der Waals surface area contributed by atoms with Crippen LogP contribution in [0.2, 0.25) is 0 Å². The Kier molecular flexibility index (Phi) is 5.49. The van der Waals surface area contributed by atoms with Gasteiger partial charge in [0.25, 0.3) is 0 Å². The number of rotatable bonds is 6. The third-order valence-electron chi connectivity index (χ3n) is 3.50. The van der Waals surface area contributed by atoms with Crippen molar-refractivity contribution in [3.05, 3.63) is 0 Å². The molecule has 84 valence electrons. The molecule has 0 aliphatic carbocycles. The molecular weight excluding hydrogens is 174 g/mol. The first-order valence-corrected chi connectivity index (χ1v) is 6.29. The second kappa shape index (κ2) is 6.41. The highest BCUT2D eigenvalue weighted by Crippen LogP contribution is 2.20. The molecule has 0 aromatic heterocycles. The van der Waals surface area contributed by atoms with E-state index < -0.39 is 0 Å². The number of piperidine rings is 1. The number of unbranched alkanes of at least 4 members (excludes halogenated alkanes) is 1. The first-order valence-electron chi connectivity index (χ1n) is 6.29. The van der Waals surface area contributed by atoms with E-state index in [1.807, 2.05) is 0 Å². The van der Waals surface area contributed by atoms with Crippen LogP contribution >= 0.6 is 0 Å². The Morgan fingerprint density at radius 2 is 1.71 bits per heavy atom. The monoisotopic (exact) mass is 200 g/mol. The van der Waals surface area contributed by atoms with E-state index in [2.05, 4.69) is 6.92 Å². The molecule has 0 saturated carbocycles. The van der Waals surface area contributed by atoms with Crippen LogP contribution in [0.1, 0.15) is 45.4 Å². The fourth-order valence-corrected chi connectivity index (χ4v) is 2.78. The van der Waals surface area contributed by atoms with Crippen molar-refractivity contribution in [2.45, 2.75) is 45.4 Å². The molecule has 1 aliphatic heterocycles. The number of hydrogen-bond acceptors (Lipinski definition) is 1. The van der Waals surface area contributed by atoms with Gasteiger partial charge in [-0.05, 0) is 38.5 Å². The Hall–Kier alpha value is -0.0800. The maximum absolute atomic E-state index is 8.80. The summed E-state index contributed by atoms with van der Waals surface area (Å²) in [5, 5.41) is 8.80. The van der Waals surface area contributed by atoms with Crippen LogP contribution in [0.5, 0.6) is 0 Å². The highest BCUT2D eigenvalue weighted by atomic mass is 16.2. The molecule has 2 heteroatoms. The van der Waals surface area contributed by atoms with Crippen LogP contribution in [0.3, 0.4) is 0 Å². The molecule has 0 aromatic carbocycles. The molecule has 0 spiro atoms. The summed E-state index contributed by atoms with van der Waals surface area (Å²) < 4.78 is 1.34. The summed E-state index contributed by atoms with van der Waals surface area (Å²) in [4.78, 5) is 0. The third kappa shape index (κ3) is 3.58. The summed E-state index contributed by atoms with van der Waals surface area (Å²) in [6.07, 6.45) is 7.77.